The summed E-state index contributed by atoms with van der Waals surface area (Å²) >= 11 is 0. The highest BCUT2D eigenvalue weighted by molar-refractivity contribution is 7.56. The van der Waals surface area contributed by atoms with Gasteiger partial charge in [-0.25, -0.2) is 0 Å². The molecule has 0 atom stereocenters. The van der Waals surface area contributed by atoms with Crippen molar-refractivity contribution in [1.29, 1.82) is 0 Å². The summed E-state index contributed by atoms with van der Waals surface area (Å²) < 4.78 is 12.0. The third-order valence-electron chi connectivity index (χ3n) is 2.53. The molecule has 2 nitrogen and oxygen atoms in total. The Morgan fingerprint density at radius 2 is 1.06 bits per heavy atom. The summed E-state index contributed by atoms with van der Waals surface area (Å²) in [6.07, 6.45) is 0.255. The van der Waals surface area contributed by atoms with Crippen molar-refractivity contribution in [3.05, 3.63) is 71.8 Å². The molecular weight excluding hydrogens is 231 g/mol. The molecule has 17 heavy (non-hydrogen) atoms. The summed E-state index contributed by atoms with van der Waals surface area (Å²) in [5.74, 6) is 0. The molecule has 0 N–H and O–H groups in total. The molecule has 0 heterocycles. The molecule has 2 aromatic rings. The number of benzene rings is 2. The minimum Gasteiger partial charge on any atom is -0.289 e. The third-order valence-corrected chi connectivity index (χ3v) is 4.23. The molecule has 87 valence electrons. The van der Waals surface area contributed by atoms with Gasteiger partial charge in [0.1, 0.15) is 0 Å². The first-order valence-electron chi connectivity index (χ1n) is 5.53. The van der Waals surface area contributed by atoms with E-state index in [1.54, 1.807) is 0 Å². The van der Waals surface area contributed by atoms with Crippen molar-refractivity contribution in [3.8, 4) is 0 Å². The molecule has 2 aromatic carbocycles. The van der Waals surface area contributed by atoms with E-state index in [0.717, 1.165) is 11.1 Å². The van der Waals surface area contributed by atoms with Crippen LogP contribution in [0.1, 0.15) is 11.1 Å². The van der Waals surface area contributed by atoms with Crippen molar-refractivity contribution in [1.82, 2.24) is 0 Å². The van der Waals surface area contributed by atoms with Crippen molar-refractivity contribution >= 4 is 7.37 Å². The van der Waals surface area contributed by atoms with Crippen molar-refractivity contribution < 1.29 is 9.46 Å². The van der Waals surface area contributed by atoms with Crippen LogP contribution in [0, 0.1) is 0 Å². The zero-order chi connectivity index (χ0) is 12.1. The lowest BCUT2D eigenvalue weighted by Gasteiger charge is -2.09. The molecule has 0 aliphatic carbocycles. The van der Waals surface area contributed by atoms with Crippen LogP contribution in [-0.2, 0) is 21.8 Å². The molecule has 0 aliphatic heterocycles. The van der Waals surface area contributed by atoms with Gasteiger partial charge in [-0.3, -0.25) is 4.57 Å². The lowest BCUT2D eigenvalue weighted by Crippen LogP contribution is -1.91. The first kappa shape index (κ1) is 12.1. The van der Waals surface area contributed by atoms with E-state index in [1.165, 1.54) is 0 Å². The molecule has 0 bridgehead atoms. The molecule has 0 saturated heterocycles. The monoisotopic (exact) mass is 245 g/mol. The van der Waals surface area contributed by atoms with Gasteiger partial charge < -0.3 is 0 Å². The first-order chi connectivity index (χ1) is 8.16. The Balaban J connectivity index is 2.07. The second-order valence-electron chi connectivity index (χ2n) is 4.10. The Kier molecular flexibility index (Phi) is 3.78. The lowest BCUT2D eigenvalue weighted by molar-refractivity contribution is 0.407. The molecule has 0 unspecified atom stereocenters. The third kappa shape index (κ3) is 3.85. The standard InChI is InChI=1S/C14H14O2P/c15-17(16,11-13-7-3-1-4-8-13)12-14-9-5-2-6-10-14/h1-10H,11-12H2. The number of hydrogen-bond donors (Lipinski definition) is 0. The molecular formula is C14H14O2P. The maximum Gasteiger partial charge on any atom is 0.244 e. The smallest absolute Gasteiger partial charge is 0.244 e. The second-order valence-corrected chi connectivity index (χ2v) is 6.36. The molecule has 0 fully saturated rings. The molecule has 1 radical (unpaired) electrons. The van der Waals surface area contributed by atoms with Crippen LogP contribution in [0.2, 0.25) is 0 Å². The van der Waals surface area contributed by atoms with E-state index in [9.17, 15) is 9.46 Å². The Hall–Kier alpha value is -1.37. The largest absolute Gasteiger partial charge is 0.289 e. The molecule has 0 aliphatic rings. The van der Waals surface area contributed by atoms with E-state index in [0.29, 0.717) is 0 Å². The summed E-state index contributed by atoms with van der Waals surface area (Å²) in [7, 11) is -3.39. The Morgan fingerprint density at radius 3 is 1.41 bits per heavy atom. The van der Waals surface area contributed by atoms with Gasteiger partial charge in [-0.1, -0.05) is 60.7 Å². The minimum absolute atomic E-state index is 0.128. The van der Waals surface area contributed by atoms with Gasteiger partial charge in [-0.05, 0) is 11.1 Å². The van der Waals surface area contributed by atoms with Crippen molar-refractivity contribution in [2.45, 2.75) is 12.3 Å². The van der Waals surface area contributed by atoms with Crippen LogP contribution in [0.4, 0.5) is 0 Å². The highest BCUT2D eigenvalue weighted by atomic mass is 31.2. The minimum atomic E-state index is -3.39. The summed E-state index contributed by atoms with van der Waals surface area (Å²) in [4.78, 5) is 12.0. The van der Waals surface area contributed by atoms with Gasteiger partial charge in [0.15, 0.2) is 0 Å². The van der Waals surface area contributed by atoms with Gasteiger partial charge in [-0.15, -0.1) is 0 Å². The SMILES string of the molecule is [O]P(=O)(Cc1ccccc1)Cc1ccccc1. The van der Waals surface area contributed by atoms with Crippen molar-refractivity contribution in [3.63, 3.8) is 0 Å². The van der Waals surface area contributed by atoms with Crippen LogP contribution in [0.15, 0.2) is 60.7 Å². The lowest BCUT2D eigenvalue weighted by atomic mass is 10.2. The summed E-state index contributed by atoms with van der Waals surface area (Å²) in [5.41, 5.74) is 1.70. The van der Waals surface area contributed by atoms with Crippen molar-refractivity contribution in [2.24, 2.45) is 0 Å². The number of hydrogen-bond acceptors (Lipinski definition) is 1. The fourth-order valence-corrected chi connectivity index (χ4v) is 3.43. The molecule has 0 spiro atoms. The van der Waals surface area contributed by atoms with Crippen molar-refractivity contribution in [2.75, 3.05) is 0 Å². The zero-order valence-corrected chi connectivity index (χ0v) is 10.3. The average molecular weight is 245 g/mol. The Morgan fingerprint density at radius 1 is 0.706 bits per heavy atom. The van der Waals surface area contributed by atoms with Crippen LogP contribution in [-0.4, -0.2) is 0 Å². The van der Waals surface area contributed by atoms with E-state index in [4.69, 9.17) is 0 Å². The highest BCUT2D eigenvalue weighted by Gasteiger charge is 2.21. The fraction of sp³-hybridized carbons (Fsp3) is 0.143. The summed E-state index contributed by atoms with van der Waals surface area (Å²) in [6, 6.07) is 18.6. The maximum absolute atomic E-state index is 12.0. The van der Waals surface area contributed by atoms with E-state index >= 15 is 0 Å². The highest BCUT2D eigenvalue weighted by Crippen LogP contribution is 2.48. The van der Waals surface area contributed by atoms with Crippen LogP contribution < -0.4 is 0 Å². The van der Waals surface area contributed by atoms with Gasteiger partial charge in [-0.2, -0.15) is 4.89 Å². The van der Waals surface area contributed by atoms with E-state index in [-0.39, 0.29) is 12.3 Å². The molecule has 0 saturated carbocycles. The first-order valence-corrected chi connectivity index (χ1v) is 7.52. The van der Waals surface area contributed by atoms with Gasteiger partial charge in [0.25, 0.3) is 0 Å². The predicted molar refractivity (Wildman–Crippen MR) is 68.6 cm³/mol. The van der Waals surface area contributed by atoms with Crippen LogP contribution >= 0.6 is 7.37 Å². The number of rotatable bonds is 4. The Bertz CT molecular complexity index is 463. The van der Waals surface area contributed by atoms with Crippen LogP contribution in [0.5, 0.6) is 0 Å². The van der Waals surface area contributed by atoms with E-state index < -0.39 is 7.37 Å². The average Bonchev–Trinajstić information content (AvgIpc) is 2.30. The summed E-state index contributed by atoms with van der Waals surface area (Å²) in [6.45, 7) is 0. The van der Waals surface area contributed by atoms with Gasteiger partial charge in [0, 0.05) is 0 Å². The molecule has 0 amide bonds. The van der Waals surface area contributed by atoms with Crippen LogP contribution in [0.25, 0.3) is 0 Å². The topological polar surface area (TPSA) is 37.0 Å². The molecule has 2 rings (SSSR count). The zero-order valence-electron chi connectivity index (χ0n) is 9.45. The fourth-order valence-electron chi connectivity index (χ4n) is 1.78. The Labute approximate surface area is 101 Å². The summed E-state index contributed by atoms with van der Waals surface area (Å²) in [5, 5.41) is 0. The second kappa shape index (κ2) is 5.31. The van der Waals surface area contributed by atoms with Gasteiger partial charge in [0.05, 0.1) is 12.3 Å². The predicted octanol–water partition coefficient (Wildman–Crippen LogP) is 4.10. The normalized spacial score (nSPS) is 11.4. The molecule has 0 aromatic heterocycles. The quantitative estimate of drug-likeness (QED) is 0.747. The van der Waals surface area contributed by atoms with E-state index in [2.05, 4.69) is 0 Å². The van der Waals surface area contributed by atoms with Crippen LogP contribution in [0.3, 0.4) is 0 Å². The van der Waals surface area contributed by atoms with Gasteiger partial charge in [0.2, 0.25) is 7.37 Å². The van der Waals surface area contributed by atoms with E-state index in [1.807, 2.05) is 60.7 Å². The molecule has 3 heteroatoms. The van der Waals surface area contributed by atoms with Gasteiger partial charge >= 0.3 is 0 Å². The maximum atomic E-state index is 12.0.